The van der Waals surface area contributed by atoms with Crippen LogP contribution in [0.4, 0.5) is 0 Å². The molecule has 1 unspecified atom stereocenters. The van der Waals surface area contributed by atoms with Crippen LogP contribution in [0.25, 0.3) is 0 Å². The molecule has 0 bridgehead atoms. The Balaban J connectivity index is 1.44. The number of hydrogen-bond donors (Lipinski definition) is 0. The van der Waals surface area contributed by atoms with E-state index in [-0.39, 0.29) is 68.5 Å². The molecule has 6 nitrogen and oxygen atoms in total. The van der Waals surface area contributed by atoms with Gasteiger partial charge in [0.15, 0.2) is 5.78 Å². The molecule has 6 aliphatic rings. The summed E-state index contributed by atoms with van der Waals surface area (Å²) in [5, 5.41) is 9.85. The van der Waals surface area contributed by atoms with Crippen LogP contribution < -0.4 is 0 Å². The molecule has 1 aliphatic heterocycles. The molecule has 0 aromatic carbocycles. The number of allylic oxidation sites excluding steroid dienone is 2. The van der Waals surface area contributed by atoms with Gasteiger partial charge in [-0.2, -0.15) is 5.26 Å². The number of morpholine rings is 1. The molecule has 1 amide bonds. The Bertz CT molecular complexity index is 1210. The molecule has 0 aromatic rings. The van der Waals surface area contributed by atoms with Crippen molar-refractivity contribution in [2.45, 2.75) is 92.9 Å². The number of Topliss-reactive ketones (excluding diaryl/α,β-unsaturated/α-hetero) is 2. The van der Waals surface area contributed by atoms with Crippen LogP contribution >= 0.6 is 0 Å². The average molecular weight is 549 g/mol. The Hall–Kier alpha value is -2.00. The van der Waals surface area contributed by atoms with Gasteiger partial charge in [0.25, 0.3) is 0 Å². The molecular weight excluding hydrogens is 500 g/mol. The van der Waals surface area contributed by atoms with E-state index in [1.54, 1.807) is 0 Å². The van der Waals surface area contributed by atoms with E-state index in [1.807, 2.05) is 17.9 Å². The minimum Gasteiger partial charge on any atom is -0.378 e. The molecule has 5 fully saturated rings. The maximum absolute atomic E-state index is 14.7. The van der Waals surface area contributed by atoms with Crippen molar-refractivity contribution in [3.05, 3.63) is 11.6 Å². The molecule has 1 heterocycles. The van der Waals surface area contributed by atoms with Gasteiger partial charge in [-0.15, -0.1) is 0 Å². The standard InChI is InChI=1S/C34H48N2O4/c1-21-23-7-8-32(5)26(31(23,4)18-22(20-35)28(21)38)17-25(37)27-24-19-30(2,3)9-11-34(24,12-10-33(27,32)6)29(39)36-13-15-40-16-14-36/h18,21,23-24,26-27H,7-17,19H2,1-6H3/t21-,23-,24?,26+,27+,31-,32+,33+,34-/m0/s1. The molecule has 0 spiro atoms. The smallest absolute Gasteiger partial charge is 0.229 e. The first-order chi connectivity index (χ1) is 18.7. The summed E-state index contributed by atoms with van der Waals surface area (Å²) < 4.78 is 5.58. The third-order valence-corrected chi connectivity index (χ3v) is 13.8. The first-order valence-electron chi connectivity index (χ1n) is 15.8. The molecule has 0 radical (unpaired) electrons. The Morgan fingerprint density at radius 1 is 0.975 bits per heavy atom. The van der Waals surface area contributed by atoms with Gasteiger partial charge in [-0.25, -0.2) is 0 Å². The molecule has 0 N–H and O–H groups in total. The van der Waals surface area contributed by atoms with E-state index in [0.29, 0.717) is 38.5 Å². The number of carbonyl (C=O) groups is 3. The van der Waals surface area contributed by atoms with Gasteiger partial charge < -0.3 is 9.64 Å². The minimum atomic E-state index is -0.462. The lowest BCUT2D eigenvalue weighted by molar-refractivity contribution is -0.221. The topological polar surface area (TPSA) is 87.5 Å². The number of fused-ring (bicyclic) bond motifs is 7. The van der Waals surface area contributed by atoms with Gasteiger partial charge in [-0.3, -0.25) is 14.4 Å². The van der Waals surface area contributed by atoms with Crippen molar-refractivity contribution in [3.8, 4) is 6.07 Å². The largest absolute Gasteiger partial charge is 0.378 e. The summed E-state index contributed by atoms with van der Waals surface area (Å²) >= 11 is 0. The number of hydrogen-bond acceptors (Lipinski definition) is 5. The Kier molecular flexibility index (Phi) is 6.33. The third-order valence-electron chi connectivity index (χ3n) is 13.8. The van der Waals surface area contributed by atoms with Crippen LogP contribution in [0.5, 0.6) is 0 Å². The number of nitriles is 1. The van der Waals surface area contributed by atoms with Gasteiger partial charge in [0, 0.05) is 31.3 Å². The second-order valence-corrected chi connectivity index (χ2v) is 15.9. The van der Waals surface area contributed by atoms with Gasteiger partial charge in [-0.05, 0) is 84.4 Å². The van der Waals surface area contributed by atoms with Crippen LogP contribution in [0, 0.1) is 68.0 Å². The lowest BCUT2D eigenvalue weighted by atomic mass is 9.32. The maximum atomic E-state index is 14.7. The number of rotatable bonds is 1. The van der Waals surface area contributed by atoms with Crippen molar-refractivity contribution in [2.75, 3.05) is 26.3 Å². The Labute approximate surface area is 240 Å². The number of carbonyl (C=O) groups excluding carboxylic acids is 3. The fraction of sp³-hybridized carbons (Fsp3) is 0.824. The normalized spacial score (nSPS) is 48.1. The van der Waals surface area contributed by atoms with Gasteiger partial charge in [0.05, 0.1) is 24.2 Å². The maximum Gasteiger partial charge on any atom is 0.229 e. The number of ether oxygens (including phenoxy) is 1. The predicted molar refractivity (Wildman–Crippen MR) is 152 cm³/mol. The molecule has 0 aromatic heterocycles. The van der Waals surface area contributed by atoms with Crippen LogP contribution in [0.2, 0.25) is 0 Å². The van der Waals surface area contributed by atoms with Crippen LogP contribution in [0.1, 0.15) is 92.9 Å². The molecule has 40 heavy (non-hydrogen) atoms. The van der Waals surface area contributed by atoms with E-state index in [1.165, 1.54) is 0 Å². The fourth-order valence-corrected chi connectivity index (χ4v) is 11.4. The first-order valence-corrected chi connectivity index (χ1v) is 15.8. The molecule has 4 saturated carbocycles. The van der Waals surface area contributed by atoms with E-state index in [0.717, 1.165) is 44.9 Å². The highest BCUT2D eigenvalue weighted by molar-refractivity contribution is 6.02. The van der Waals surface area contributed by atoms with Gasteiger partial charge >= 0.3 is 0 Å². The number of nitrogens with zero attached hydrogens (tertiary/aromatic N) is 2. The zero-order chi connectivity index (χ0) is 28.9. The summed E-state index contributed by atoms with van der Waals surface area (Å²) in [7, 11) is 0. The van der Waals surface area contributed by atoms with E-state index in [9.17, 15) is 19.6 Å². The monoisotopic (exact) mass is 548 g/mol. The lowest BCUT2D eigenvalue weighted by Crippen LogP contribution is -2.69. The van der Waals surface area contributed by atoms with Crippen molar-refractivity contribution in [1.29, 1.82) is 5.26 Å². The molecule has 5 aliphatic carbocycles. The number of ketones is 2. The van der Waals surface area contributed by atoms with Crippen molar-refractivity contribution in [1.82, 2.24) is 4.90 Å². The molecule has 6 rings (SSSR count). The molecular formula is C34H48N2O4. The fourth-order valence-electron chi connectivity index (χ4n) is 11.4. The first kappa shape index (κ1) is 28.1. The zero-order valence-electron chi connectivity index (χ0n) is 25.5. The lowest BCUT2D eigenvalue weighted by Gasteiger charge is -2.71. The highest BCUT2D eigenvalue weighted by Gasteiger charge is 2.72. The second kappa shape index (κ2) is 9.00. The summed E-state index contributed by atoms with van der Waals surface area (Å²) in [6.45, 7) is 16.1. The molecule has 1 saturated heterocycles. The summed E-state index contributed by atoms with van der Waals surface area (Å²) in [6, 6.07) is 2.20. The van der Waals surface area contributed by atoms with Gasteiger partial charge in [0.2, 0.25) is 5.91 Å². The zero-order valence-corrected chi connectivity index (χ0v) is 25.5. The van der Waals surface area contributed by atoms with Crippen LogP contribution in [-0.2, 0) is 19.1 Å². The van der Waals surface area contributed by atoms with Crippen molar-refractivity contribution in [2.24, 2.45) is 56.7 Å². The summed E-state index contributed by atoms with van der Waals surface area (Å²) in [6.07, 6.45) is 8.92. The third kappa shape index (κ3) is 3.58. The Morgan fingerprint density at radius 2 is 1.65 bits per heavy atom. The predicted octanol–water partition coefficient (Wildman–Crippen LogP) is 5.75. The van der Waals surface area contributed by atoms with Crippen LogP contribution in [-0.4, -0.2) is 48.7 Å². The van der Waals surface area contributed by atoms with Crippen molar-refractivity contribution < 1.29 is 19.1 Å². The summed E-state index contributed by atoms with van der Waals surface area (Å²) in [5.41, 5.74) is -0.773. The van der Waals surface area contributed by atoms with E-state index < -0.39 is 5.41 Å². The van der Waals surface area contributed by atoms with Crippen LogP contribution in [0.15, 0.2) is 11.6 Å². The average Bonchev–Trinajstić information content (AvgIpc) is 2.92. The quantitative estimate of drug-likeness (QED) is 0.416. The van der Waals surface area contributed by atoms with Gasteiger partial charge in [0.1, 0.15) is 11.9 Å². The molecule has 218 valence electrons. The van der Waals surface area contributed by atoms with Crippen molar-refractivity contribution >= 4 is 17.5 Å². The SMILES string of the molecule is C[C@@H]1C(=O)C(C#N)=C[C@]2(C)[C@H]3CC(=O)[C@H]4C5CC(C)(C)CC[C@]5(C(=O)N5CCOCC5)CC[C@@]4(C)[C@]3(C)CC[C@@H]12. The van der Waals surface area contributed by atoms with E-state index in [2.05, 4.69) is 40.7 Å². The summed E-state index contributed by atoms with van der Waals surface area (Å²) in [5.74, 6) is 0.535. The second-order valence-electron chi connectivity index (χ2n) is 15.9. The van der Waals surface area contributed by atoms with E-state index in [4.69, 9.17) is 4.74 Å². The molecule has 6 heteroatoms. The molecule has 9 atom stereocenters. The highest BCUT2D eigenvalue weighted by atomic mass is 16.5. The highest BCUT2D eigenvalue weighted by Crippen LogP contribution is 2.75. The van der Waals surface area contributed by atoms with E-state index >= 15 is 0 Å². The summed E-state index contributed by atoms with van der Waals surface area (Å²) in [4.78, 5) is 44.1. The number of amides is 1. The van der Waals surface area contributed by atoms with Crippen LogP contribution in [0.3, 0.4) is 0 Å². The Morgan fingerprint density at radius 3 is 2.33 bits per heavy atom. The minimum absolute atomic E-state index is 0.0340. The van der Waals surface area contributed by atoms with Crippen molar-refractivity contribution in [3.63, 3.8) is 0 Å². The van der Waals surface area contributed by atoms with Gasteiger partial charge in [-0.1, -0.05) is 47.6 Å².